The van der Waals surface area contributed by atoms with Gasteiger partial charge < -0.3 is 21.1 Å². The number of aromatic nitrogens is 1. The molecule has 0 bridgehead atoms. The molecule has 2 aromatic rings. The van der Waals surface area contributed by atoms with Crippen LogP contribution in [-0.2, 0) is 6.42 Å². The quantitative estimate of drug-likeness (QED) is 0.756. The Labute approximate surface area is 141 Å². The predicted octanol–water partition coefficient (Wildman–Crippen LogP) is 2.38. The molecule has 0 aromatic carbocycles. The number of nitrogens with one attached hydrogen (secondary N) is 1. The number of nitrogen functional groups attached to an aromatic ring is 1. The number of thiophene rings is 1. The van der Waals surface area contributed by atoms with Crippen LogP contribution < -0.4 is 16.0 Å². The Morgan fingerprint density at radius 1 is 1.43 bits per heavy atom. The first-order valence-corrected chi connectivity index (χ1v) is 9.36. The summed E-state index contributed by atoms with van der Waals surface area (Å²) in [5.74, 6) is 1.09. The zero-order valence-electron chi connectivity index (χ0n) is 13.7. The van der Waals surface area contributed by atoms with Gasteiger partial charge >= 0.3 is 0 Å². The van der Waals surface area contributed by atoms with E-state index >= 15 is 0 Å². The molecule has 3 heterocycles. The summed E-state index contributed by atoms with van der Waals surface area (Å²) in [7, 11) is 0. The van der Waals surface area contributed by atoms with Crippen molar-refractivity contribution in [3.8, 4) is 0 Å². The van der Waals surface area contributed by atoms with Crippen molar-refractivity contribution in [2.75, 3.05) is 36.9 Å². The van der Waals surface area contributed by atoms with Crippen LogP contribution in [0.15, 0.2) is 11.4 Å². The van der Waals surface area contributed by atoms with Gasteiger partial charge in [0.05, 0.1) is 12.3 Å². The molecule has 1 saturated heterocycles. The lowest BCUT2D eigenvalue weighted by molar-refractivity contribution is 0.277. The van der Waals surface area contributed by atoms with Crippen LogP contribution >= 0.6 is 11.3 Å². The van der Waals surface area contributed by atoms with Gasteiger partial charge in [-0.15, -0.1) is 11.3 Å². The lowest BCUT2D eigenvalue weighted by atomic mass is 10.0. The van der Waals surface area contributed by atoms with E-state index in [0.29, 0.717) is 12.6 Å². The van der Waals surface area contributed by atoms with Crippen LogP contribution in [0.1, 0.15) is 31.7 Å². The van der Waals surface area contributed by atoms with Crippen molar-refractivity contribution in [2.45, 2.75) is 38.6 Å². The molecular formula is C17H26N4OS. The van der Waals surface area contributed by atoms with Crippen molar-refractivity contribution in [3.63, 3.8) is 0 Å². The second-order valence-electron chi connectivity index (χ2n) is 6.20. The lowest BCUT2D eigenvalue weighted by Crippen LogP contribution is -2.43. The molecule has 4 N–H and O–H groups in total. The first kappa shape index (κ1) is 16.5. The van der Waals surface area contributed by atoms with Crippen LogP contribution in [0.5, 0.6) is 0 Å². The van der Waals surface area contributed by atoms with Crippen molar-refractivity contribution in [1.82, 2.24) is 10.3 Å². The van der Waals surface area contributed by atoms with Crippen molar-refractivity contribution < 1.29 is 5.11 Å². The Bertz CT molecular complexity index is 649. The molecule has 0 saturated carbocycles. The van der Waals surface area contributed by atoms with E-state index in [9.17, 15) is 0 Å². The van der Waals surface area contributed by atoms with Gasteiger partial charge in [0.1, 0.15) is 10.6 Å². The molecule has 0 amide bonds. The third kappa shape index (κ3) is 3.59. The maximum atomic E-state index is 8.92. The number of nitrogens with two attached hydrogens (primary N) is 1. The molecule has 0 atom stereocenters. The summed E-state index contributed by atoms with van der Waals surface area (Å²) >= 11 is 1.64. The topological polar surface area (TPSA) is 74.4 Å². The van der Waals surface area contributed by atoms with Crippen LogP contribution in [0, 0.1) is 0 Å². The van der Waals surface area contributed by atoms with E-state index in [1.54, 1.807) is 11.3 Å². The molecule has 126 valence electrons. The Hall–Kier alpha value is -1.37. The van der Waals surface area contributed by atoms with Crippen molar-refractivity contribution in [3.05, 3.63) is 17.0 Å². The third-order valence-corrected chi connectivity index (χ3v) is 5.41. The van der Waals surface area contributed by atoms with Gasteiger partial charge in [0.2, 0.25) is 0 Å². The van der Waals surface area contributed by atoms with Crippen LogP contribution in [0.4, 0.5) is 11.5 Å². The molecule has 1 fully saturated rings. The van der Waals surface area contributed by atoms with E-state index in [4.69, 9.17) is 15.8 Å². The molecule has 0 unspecified atom stereocenters. The Balaban J connectivity index is 1.78. The Morgan fingerprint density at radius 2 is 2.22 bits per heavy atom. The van der Waals surface area contributed by atoms with Crippen molar-refractivity contribution >= 4 is 33.1 Å². The summed E-state index contributed by atoms with van der Waals surface area (Å²) < 4.78 is 0. The summed E-state index contributed by atoms with van der Waals surface area (Å²) in [5.41, 5.74) is 8.31. The number of hydrogen-bond donors (Lipinski definition) is 3. The first-order chi connectivity index (χ1) is 11.2. The third-order valence-electron chi connectivity index (χ3n) is 4.52. The number of pyridine rings is 1. The highest BCUT2D eigenvalue weighted by Crippen LogP contribution is 2.33. The van der Waals surface area contributed by atoms with E-state index in [0.717, 1.165) is 60.5 Å². The average Bonchev–Trinajstić information content (AvgIpc) is 2.95. The lowest BCUT2D eigenvalue weighted by Gasteiger charge is -2.33. The number of hydrogen-bond acceptors (Lipinski definition) is 6. The number of anilines is 2. The standard InChI is InChI=1S/C17H26N4OS/c1-2-3-12-10-15(20-17-16(12)14(18)11-23-17)21-7-4-13(5-8-21)19-6-9-22/h10-11,13,19,22H,2-9,18H2,1H3. The zero-order valence-corrected chi connectivity index (χ0v) is 14.5. The normalized spacial score (nSPS) is 16.3. The number of piperidine rings is 1. The van der Waals surface area contributed by atoms with Gasteiger partial charge in [-0.2, -0.15) is 0 Å². The second-order valence-corrected chi connectivity index (χ2v) is 7.06. The van der Waals surface area contributed by atoms with E-state index in [1.807, 2.05) is 5.38 Å². The molecule has 6 heteroatoms. The highest BCUT2D eigenvalue weighted by atomic mass is 32.1. The number of nitrogens with zero attached hydrogens (tertiary/aromatic N) is 2. The summed E-state index contributed by atoms with van der Waals surface area (Å²) in [6, 6.07) is 2.74. The Morgan fingerprint density at radius 3 is 2.91 bits per heavy atom. The molecule has 0 spiro atoms. The maximum absolute atomic E-state index is 8.92. The highest BCUT2D eigenvalue weighted by Gasteiger charge is 2.21. The smallest absolute Gasteiger partial charge is 0.130 e. The first-order valence-electron chi connectivity index (χ1n) is 8.48. The fourth-order valence-electron chi connectivity index (χ4n) is 3.34. The molecule has 1 aliphatic rings. The molecular weight excluding hydrogens is 308 g/mol. The fraction of sp³-hybridized carbons (Fsp3) is 0.588. The molecule has 5 nitrogen and oxygen atoms in total. The molecule has 1 aliphatic heterocycles. The van der Waals surface area contributed by atoms with Crippen LogP contribution in [0.3, 0.4) is 0 Å². The summed E-state index contributed by atoms with van der Waals surface area (Å²) in [6.07, 6.45) is 4.34. The van der Waals surface area contributed by atoms with Gasteiger partial charge in [0.25, 0.3) is 0 Å². The van der Waals surface area contributed by atoms with Gasteiger partial charge in [-0.3, -0.25) is 0 Å². The van der Waals surface area contributed by atoms with Crippen molar-refractivity contribution in [1.29, 1.82) is 0 Å². The molecule has 0 radical (unpaired) electrons. The van der Waals surface area contributed by atoms with Crippen LogP contribution in [-0.4, -0.2) is 42.4 Å². The van der Waals surface area contributed by atoms with Crippen LogP contribution in [0.2, 0.25) is 0 Å². The highest BCUT2D eigenvalue weighted by molar-refractivity contribution is 7.17. The largest absolute Gasteiger partial charge is 0.397 e. The number of rotatable bonds is 6. The molecule has 23 heavy (non-hydrogen) atoms. The Kier molecular flexibility index (Phi) is 5.35. The number of aliphatic hydroxyl groups is 1. The maximum Gasteiger partial charge on any atom is 0.130 e. The minimum absolute atomic E-state index is 0.207. The van der Waals surface area contributed by atoms with E-state index < -0.39 is 0 Å². The summed E-state index contributed by atoms with van der Waals surface area (Å²) in [5, 5.41) is 15.5. The van der Waals surface area contributed by atoms with Gasteiger partial charge in [0.15, 0.2) is 0 Å². The fourth-order valence-corrected chi connectivity index (χ4v) is 4.21. The van der Waals surface area contributed by atoms with E-state index in [2.05, 4.69) is 23.2 Å². The zero-order chi connectivity index (χ0) is 16.2. The number of aliphatic hydroxyl groups excluding tert-OH is 1. The molecule has 2 aromatic heterocycles. The van der Waals surface area contributed by atoms with E-state index in [-0.39, 0.29) is 6.61 Å². The SMILES string of the molecule is CCCc1cc(N2CCC(NCCO)CC2)nc2scc(N)c12. The minimum Gasteiger partial charge on any atom is -0.397 e. The monoisotopic (exact) mass is 334 g/mol. The number of fused-ring (bicyclic) bond motifs is 1. The minimum atomic E-state index is 0.207. The molecule has 3 rings (SSSR count). The van der Waals surface area contributed by atoms with Gasteiger partial charge in [-0.25, -0.2) is 4.98 Å². The summed E-state index contributed by atoms with van der Waals surface area (Å²) in [6.45, 7) is 5.11. The molecule has 0 aliphatic carbocycles. The van der Waals surface area contributed by atoms with Crippen LogP contribution in [0.25, 0.3) is 10.2 Å². The average molecular weight is 334 g/mol. The predicted molar refractivity (Wildman–Crippen MR) is 98.4 cm³/mol. The van der Waals surface area contributed by atoms with Gasteiger partial charge in [-0.1, -0.05) is 13.3 Å². The van der Waals surface area contributed by atoms with Crippen molar-refractivity contribution in [2.24, 2.45) is 0 Å². The van der Waals surface area contributed by atoms with Gasteiger partial charge in [0, 0.05) is 36.4 Å². The number of aryl methyl sites for hydroxylation is 1. The van der Waals surface area contributed by atoms with E-state index in [1.165, 1.54) is 5.56 Å². The summed E-state index contributed by atoms with van der Waals surface area (Å²) in [4.78, 5) is 8.29. The second kappa shape index (κ2) is 7.47. The van der Waals surface area contributed by atoms with Gasteiger partial charge in [-0.05, 0) is 30.9 Å².